The van der Waals surface area contributed by atoms with Gasteiger partial charge in [0.15, 0.2) is 0 Å². The summed E-state index contributed by atoms with van der Waals surface area (Å²) in [6.45, 7) is 1.51. The second-order valence-electron chi connectivity index (χ2n) is 6.83. The van der Waals surface area contributed by atoms with Crippen molar-refractivity contribution in [1.82, 2.24) is 9.88 Å². The second kappa shape index (κ2) is 6.89. The highest BCUT2D eigenvalue weighted by Gasteiger charge is 2.28. The molecular weight excluding hydrogens is 396 g/mol. The molecule has 6 heteroatoms. The van der Waals surface area contributed by atoms with Crippen molar-refractivity contribution in [1.29, 1.82) is 0 Å². The van der Waals surface area contributed by atoms with E-state index in [1.165, 1.54) is 21.0 Å². The van der Waals surface area contributed by atoms with Crippen molar-refractivity contribution in [2.75, 3.05) is 13.1 Å². The number of thiophene rings is 1. The number of hydrogen-bond donors (Lipinski definition) is 0. The number of fused-ring (bicyclic) bond motifs is 2. The molecule has 0 unspecified atom stereocenters. The number of carbonyl (C=O) groups is 1. The minimum absolute atomic E-state index is 0.0592. The standard InChI is InChI=1S/C21H17ClN2OS2/c22-18-14-5-1-3-7-16(14)26-19(18)21(25)24-11-9-13(10-12-24)20-23-15-6-2-4-8-17(15)27-20/h1-8,13H,9-12H2. The van der Waals surface area contributed by atoms with Crippen molar-refractivity contribution in [3.05, 3.63) is 63.4 Å². The number of thiazole rings is 1. The third kappa shape index (κ3) is 3.04. The number of rotatable bonds is 2. The smallest absolute Gasteiger partial charge is 0.265 e. The number of para-hydroxylation sites is 1. The number of nitrogens with zero attached hydrogens (tertiary/aromatic N) is 2. The van der Waals surface area contributed by atoms with Crippen LogP contribution in [0.5, 0.6) is 0 Å². The Labute approximate surface area is 170 Å². The van der Waals surface area contributed by atoms with Crippen LogP contribution in [-0.4, -0.2) is 28.9 Å². The first-order valence-corrected chi connectivity index (χ1v) is 11.0. The van der Waals surface area contributed by atoms with Gasteiger partial charge in [-0.15, -0.1) is 22.7 Å². The van der Waals surface area contributed by atoms with E-state index in [1.807, 2.05) is 35.2 Å². The normalized spacial score (nSPS) is 15.7. The first-order chi connectivity index (χ1) is 13.2. The van der Waals surface area contributed by atoms with Crippen molar-refractivity contribution >= 4 is 60.5 Å². The lowest BCUT2D eigenvalue weighted by molar-refractivity contribution is 0.0718. The number of halogens is 1. The Morgan fingerprint density at radius 2 is 1.70 bits per heavy atom. The van der Waals surface area contributed by atoms with Gasteiger partial charge in [0.05, 0.1) is 20.2 Å². The van der Waals surface area contributed by atoms with E-state index in [0.29, 0.717) is 15.8 Å². The third-order valence-electron chi connectivity index (χ3n) is 5.17. The molecule has 4 aromatic rings. The molecular formula is C21H17ClN2OS2. The molecule has 1 aliphatic heterocycles. The molecule has 136 valence electrons. The first-order valence-electron chi connectivity index (χ1n) is 9.02. The predicted octanol–water partition coefficient (Wildman–Crippen LogP) is 6.18. The number of likely N-dealkylation sites (tertiary alicyclic amines) is 1. The molecule has 27 heavy (non-hydrogen) atoms. The Balaban J connectivity index is 1.33. The van der Waals surface area contributed by atoms with Gasteiger partial charge in [0, 0.05) is 29.1 Å². The average molecular weight is 413 g/mol. The molecule has 1 fully saturated rings. The largest absolute Gasteiger partial charge is 0.338 e. The van der Waals surface area contributed by atoms with Crippen molar-refractivity contribution in [2.24, 2.45) is 0 Å². The molecule has 1 amide bonds. The molecule has 2 aromatic carbocycles. The predicted molar refractivity (Wildman–Crippen MR) is 114 cm³/mol. The van der Waals surface area contributed by atoms with Gasteiger partial charge in [-0.25, -0.2) is 4.98 Å². The van der Waals surface area contributed by atoms with Crippen LogP contribution >= 0.6 is 34.3 Å². The van der Waals surface area contributed by atoms with E-state index in [0.717, 1.165) is 41.5 Å². The summed E-state index contributed by atoms with van der Waals surface area (Å²) < 4.78 is 2.30. The minimum Gasteiger partial charge on any atom is -0.338 e. The van der Waals surface area contributed by atoms with Crippen LogP contribution in [0.4, 0.5) is 0 Å². The van der Waals surface area contributed by atoms with Crippen molar-refractivity contribution in [3.63, 3.8) is 0 Å². The van der Waals surface area contributed by atoms with E-state index in [1.54, 1.807) is 11.3 Å². The molecule has 3 heterocycles. The molecule has 2 aromatic heterocycles. The van der Waals surface area contributed by atoms with E-state index < -0.39 is 0 Å². The summed E-state index contributed by atoms with van der Waals surface area (Å²) in [5.74, 6) is 0.494. The molecule has 1 saturated heterocycles. The van der Waals surface area contributed by atoms with Crippen LogP contribution in [-0.2, 0) is 0 Å². The molecule has 5 rings (SSSR count). The topological polar surface area (TPSA) is 33.2 Å². The third-order valence-corrected chi connectivity index (χ3v) is 8.03. The molecule has 0 bridgehead atoms. The summed E-state index contributed by atoms with van der Waals surface area (Å²) in [7, 11) is 0. The fraction of sp³-hybridized carbons (Fsp3) is 0.238. The van der Waals surface area contributed by atoms with Gasteiger partial charge in [0.25, 0.3) is 5.91 Å². The Morgan fingerprint density at radius 1 is 1.00 bits per heavy atom. The van der Waals surface area contributed by atoms with E-state index >= 15 is 0 Å². The van der Waals surface area contributed by atoms with Crippen LogP contribution in [0.25, 0.3) is 20.3 Å². The van der Waals surface area contributed by atoms with Crippen LogP contribution in [0.1, 0.15) is 33.4 Å². The lowest BCUT2D eigenvalue weighted by Gasteiger charge is -2.30. The number of hydrogen-bond acceptors (Lipinski definition) is 4. The Hall–Kier alpha value is -1.95. The fourth-order valence-corrected chi connectivity index (χ4v) is 6.31. The monoisotopic (exact) mass is 412 g/mol. The van der Waals surface area contributed by atoms with Crippen molar-refractivity contribution in [2.45, 2.75) is 18.8 Å². The van der Waals surface area contributed by atoms with Crippen LogP contribution in [0.3, 0.4) is 0 Å². The summed E-state index contributed by atoms with van der Waals surface area (Å²) >= 11 is 9.77. The van der Waals surface area contributed by atoms with Gasteiger partial charge in [-0.1, -0.05) is 41.9 Å². The second-order valence-corrected chi connectivity index (χ2v) is 9.32. The fourth-order valence-electron chi connectivity index (χ4n) is 3.69. The quantitative estimate of drug-likeness (QED) is 0.393. The molecule has 0 spiro atoms. The summed E-state index contributed by atoms with van der Waals surface area (Å²) in [5.41, 5.74) is 1.08. The van der Waals surface area contributed by atoms with E-state index in [-0.39, 0.29) is 5.91 Å². The molecule has 3 nitrogen and oxygen atoms in total. The van der Waals surface area contributed by atoms with E-state index in [4.69, 9.17) is 16.6 Å². The lowest BCUT2D eigenvalue weighted by atomic mass is 9.97. The zero-order valence-electron chi connectivity index (χ0n) is 14.5. The van der Waals surface area contributed by atoms with Crippen LogP contribution in [0, 0.1) is 0 Å². The Morgan fingerprint density at radius 3 is 2.44 bits per heavy atom. The lowest BCUT2D eigenvalue weighted by Crippen LogP contribution is -2.37. The maximum absolute atomic E-state index is 13.0. The van der Waals surface area contributed by atoms with Crippen LogP contribution in [0.15, 0.2) is 48.5 Å². The van der Waals surface area contributed by atoms with Gasteiger partial charge >= 0.3 is 0 Å². The van der Waals surface area contributed by atoms with Gasteiger partial charge in [0.2, 0.25) is 0 Å². The first kappa shape index (κ1) is 17.2. The molecule has 0 radical (unpaired) electrons. The molecule has 0 N–H and O–H groups in total. The highest BCUT2D eigenvalue weighted by atomic mass is 35.5. The maximum atomic E-state index is 13.0. The number of piperidine rings is 1. The summed E-state index contributed by atoms with van der Waals surface area (Å²) in [6.07, 6.45) is 1.90. The van der Waals surface area contributed by atoms with Gasteiger partial charge in [-0.2, -0.15) is 0 Å². The highest BCUT2D eigenvalue weighted by molar-refractivity contribution is 7.21. The van der Waals surface area contributed by atoms with E-state index in [2.05, 4.69) is 18.2 Å². The average Bonchev–Trinajstić information content (AvgIpc) is 3.29. The van der Waals surface area contributed by atoms with Crippen LogP contribution in [0.2, 0.25) is 5.02 Å². The molecule has 1 aliphatic rings. The zero-order chi connectivity index (χ0) is 18.4. The number of amides is 1. The van der Waals surface area contributed by atoms with E-state index in [9.17, 15) is 4.79 Å². The van der Waals surface area contributed by atoms with Gasteiger partial charge < -0.3 is 4.90 Å². The number of carbonyl (C=O) groups excluding carboxylic acids is 1. The molecule has 0 atom stereocenters. The molecule has 0 saturated carbocycles. The maximum Gasteiger partial charge on any atom is 0.265 e. The zero-order valence-corrected chi connectivity index (χ0v) is 16.9. The Bertz CT molecular complexity index is 1110. The van der Waals surface area contributed by atoms with Gasteiger partial charge in [-0.3, -0.25) is 4.79 Å². The van der Waals surface area contributed by atoms with Gasteiger partial charge in [-0.05, 0) is 31.0 Å². The number of aromatic nitrogens is 1. The number of benzene rings is 2. The van der Waals surface area contributed by atoms with Crippen LogP contribution < -0.4 is 0 Å². The minimum atomic E-state index is 0.0592. The summed E-state index contributed by atoms with van der Waals surface area (Å²) in [6, 6.07) is 16.2. The SMILES string of the molecule is O=C(c1sc2ccccc2c1Cl)N1CCC(c2nc3ccccc3s2)CC1. The van der Waals surface area contributed by atoms with Crippen molar-refractivity contribution < 1.29 is 4.79 Å². The molecule has 0 aliphatic carbocycles. The summed E-state index contributed by atoms with van der Waals surface area (Å²) in [4.78, 5) is 20.4. The summed E-state index contributed by atoms with van der Waals surface area (Å²) in [5, 5.41) is 2.76. The Kier molecular flexibility index (Phi) is 4.38. The highest BCUT2D eigenvalue weighted by Crippen LogP contribution is 2.38. The van der Waals surface area contributed by atoms with Gasteiger partial charge in [0.1, 0.15) is 4.88 Å². The van der Waals surface area contributed by atoms with Crippen molar-refractivity contribution in [3.8, 4) is 0 Å².